The molecule has 0 rings (SSSR count). The van der Waals surface area contributed by atoms with Crippen molar-refractivity contribution in [3.63, 3.8) is 0 Å². The first-order valence-corrected chi connectivity index (χ1v) is 9.10. The Morgan fingerprint density at radius 2 is 0.912 bits per heavy atom. The van der Waals surface area contributed by atoms with Crippen LogP contribution >= 0.6 is 0 Å². The van der Waals surface area contributed by atoms with Gasteiger partial charge in [-0.15, -0.1) is 6.42 Å². The van der Waals surface area contributed by atoms with E-state index in [9.17, 15) is 83.1 Å². The second-order valence-electron chi connectivity index (χ2n) is 6.10. The molecule has 0 aliphatic rings. The molecule has 0 bridgehead atoms. The highest BCUT2D eigenvalue weighted by Crippen LogP contribution is 2.64. The van der Waals surface area contributed by atoms with E-state index in [4.69, 9.17) is 0 Å². The van der Waals surface area contributed by atoms with Gasteiger partial charge in [-0.2, -0.15) is 78.9 Å². The topological polar surface area (TPSA) is 37.4 Å². The SMILES string of the molecule is C#CCN(CC)S(=O)(=O)C(F)(F)C(F)(F)C(F)(F)C(F)(F)C(F)(F)C(F)(F)C(F)(F)C(F)(F)F. The van der Waals surface area contributed by atoms with E-state index in [0.717, 1.165) is 0 Å². The molecule has 0 heterocycles. The maximum Gasteiger partial charge on any atom is 0.460 e. The molecule has 202 valence electrons. The fourth-order valence-corrected chi connectivity index (χ4v) is 3.30. The van der Waals surface area contributed by atoms with Crippen LogP contribution in [0.3, 0.4) is 0 Å². The van der Waals surface area contributed by atoms with Crippen molar-refractivity contribution in [1.29, 1.82) is 0 Å². The van der Waals surface area contributed by atoms with Crippen LogP contribution in [0.2, 0.25) is 0 Å². The highest BCUT2D eigenvalue weighted by Gasteiger charge is 2.96. The van der Waals surface area contributed by atoms with Gasteiger partial charge in [0.2, 0.25) is 0 Å². The highest BCUT2D eigenvalue weighted by molar-refractivity contribution is 7.90. The lowest BCUT2D eigenvalue weighted by molar-refractivity contribution is -0.458. The summed E-state index contributed by atoms with van der Waals surface area (Å²) in [6.45, 7) is -2.48. The maximum atomic E-state index is 13.9. The molecule has 0 unspecified atom stereocenters. The van der Waals surface area contributed by atoms with Gasteiger partial charge in [-0.05, 0) is 0 Å². The molecule has 0 atom stereocenters. The first-order chi connectivity index (χ1) is 14.5. The van der Waals surface area contributed by atoms with Crippen LogP contribution in [-0.2, 0) is 10.0 Å². The summed E-state index contributed by atoms with van der Waals surface area (Å²) in [4.78, 5) is 0. The Morgan fingerprint density at radius 3 is 1.18 bits per heavy atom. The molecular weight excluding hydrogens is 557 g/mol. The van der Waals surface area contributed by atoms with Crippen LogP contribution in [-0.4, -0.2) is 72.8 Å². The van der Waals surface area contributed by atoms with Gasteiger partial charge in [-0.25, -0.2) is 8.42 Å². The lowest BCUT2D eigenvalue weighted by atomic mass is 9.91. The van der Waals surface area contributed by atoms with Gasteiger partial charge in [0.25, 0.3) is 10.0 Å². The molecule has 0 aromatic rings. The summed E-state index contributed by atoms with van der Waals surface area (Å²) in [5, 5.41) is -7.59. The van der Waals surface area contributed by atoms with E-state index < -0.39 is 74.4 Å². The molecule has 21 heteroatoms. The first-order valence-electron chi connectivity index (χ1n) is 7.66. The second kappa shape index (κ2) is 8.44. The normalized spacial score (nSPS) is 16.1. The first kappa shape index (κ1) is 32.3. The Labute approximate surface area is 177 Å². The van der Waals surface area contributed by atoms with E-state index in [-0.39, 0.29) is 0 Å². The van der Waals surface area contributed by atoms with Gasteiger partial charge < -0.3 is 0 Å². The number of alkyl halides is 17. The van der Waals surface area contributed by atoms with Crippen molar-refractivity contribution in [1.82, 2.24) is 4.31 Å². The summed E-state index contributed by atoms with van der Waals surface area (Å²) in [5.41, 5.74) is 0. The monoisotopic (exact) mass is 565 g/mol. The van der Waals surface area contributed by atoms with E-state index in [1.54, 1.807) is 0 Å². The molecule has 0 radical (unpaired) electrons. The van der Waals surface area contributed by atoms with E-state index in [0.29, 0.717) is 6.92 Å². The lowest BCUT2D eigenvalue weighted by Crippen LogP contribution is -2.75. The molecule has 0 saturated carbocycles. The Balaban J connectivity index is 7.05. The molecule has 0 saturated heterocycles. The molecular formula is C13H8F17NO2S. The zero-order chi connectivity index (χ0) is 28.2. The van der Waals surface area contributed by atoms with Crippen molar-refractivity contribution in [2.75, 3.05) is 13.1 Å². The average Bonchev–Trinajstić information content (AvgIpc) is 2.63. The van der Waals surface area contributed by atoms with Gasteiger partial charge in [0.1, 0.15) is 0 Å². The minimum atomic E-state index is -8.86. The lowest BCUT2D eigenvalue weighted by Gasteiger charge is -2.42. The molecule has 3 nitrogen and oxygen atoms in total. The fourth-order valence-electron chi connectivity index (χ4n) is 1.94. The van der Waals surface area contributed by atoms with E-state index in [1.165, 1.54) is 5.92 Å². The van der Waals surface area contributed by atoms with Crippen molar-refractivity contribution in [3.8, 4) is 12.3 Å². The summed E-state index contributed by atoms with van der Waals surface area (Å²) >= 11 is 0. The molecule has 0 fully saturated rings. The minimum Gasteiger partial charge on any atom is -0.206 e. The van der Waals surface area contributed by atoms with Crippen molar-refractivity contribution in [2.24, 2.45) is 0 Å². The summed E-state index contributed by atoms with van der Waals surface area (Å²) in [6.07, 6.45) is -3.39. The van der Waals surface area contributed by atoms with E-state index >= 15 is 0 Å². The van der Waals surface area contributed by atoms with E-state index in [2.05, 4.69) is 6.42 Å². The van der Waals surface area contributed by atoms with Crippen LogP contribution in [0.25, 0.3) is 0 Å². The van der Waals surface area contributed by atoms with Crippen molar-refractivity contribution < 1.29 is 83.1 Å². The fraction of sp³-hybridized carbons (Fsp3) is 0.846. The number of terminal acetylenes is 1. The van der Waals surface area contributed by atoms with Crippen LogP contribution in [0.1, 0.15) is 6.92 Å². The molecule has 0 aliphatic heterocycles. The van der Waals surface area contributed by atoms with Gasteiger partial charge in [0.05, 0.1) is 6.54 Å². The van der Waals surface area contributed by atoms with Gasteiger partial charge in [0.15, 0.2) is 0 Å². The third-order valence-electron chi connectivity index (χ3n) is 3.98. The number of halogens is 17. The quantitative estimate of drug-likeness (QED) is 0.269. The van der Waals surface area contributed by atoms with Crippen LogP contribution in [0.4, 0.5) is 74.6 Å². The summed E-state index contributed by atoms with van der Waals surface area (Å²) in [7, 11) is -7.31. The third kappa shape index (κ3) is 3.93. The Bertz CT molecular complexity index is 899. The molecule has 0 aliphatic carbocycles. The largest absolute Gasteiger partial charge is 0.460 e. The molecule has 0 amide bonds. The zero-order valence-corrected chi connectivity index (χ0v) is 16.4. The molecule has 0 spiro atoms. The van der Waals surface area contributed by atoms with Gasteiger partial charge >= 0.3 is 47.0 Å². The van der Waals surface area contributed by atoms with Crippen molar-refractivity contribution in [3.05, 3.63) is 0 Å². The minimum absolute atomic E-state index is 0.532. The predicted octanol–water partition coefficient (Wildman–Crippen LogP) is 5.24. The van der Waals surface area contributed by atoms with Crippen molar-refractivity contribution in [2.45, 2.75) is 53.9 Å². The van der Waals surface area contributed by atoms with E-state index in [1.807, 2.05) is 0 Å². The third-order valence-corrected chi connectivity index (χ3v) is 5.95. The molecule has 0 aromatic heterocycles. The van der Waals surface area contributed by atoms with Crippen LogP contribution in [0.15, 0.2) is 0 Å². The molecule has 34 heavy (non-hydrogen) atoms. The highest BCUT2D eigenvalue weighted by atomic mass is 32.2. The molecule has 0 N–H and O–H groups in total. The Kier molecular flexibility index (Phi) is 8.02. The Hall–Kier alpha value is -1.72. The number of sulfonamides is 1. The predicted molar refractivity (Wildman–Crippen MR) is 75.7 cm³/mol. The van der Waals surface area contributed by atoms with Crippen molar-refractivity contribution >= 4 is 10.0 Å². The second-order valence-corrected chi connectivity index (χ2v) is 8.08. The number of hydrogen-bond acceptors (Lipinski definition) is 2. The number of hydrogen-bond donors (Lipinski definition) is 0. The zero-order valence-electron chi connectivity index (χ0n) is 15.6. The number of rotatable bonds is 10. The summed E-state index contributed by atoms with van der Waals surface area (Å²) < 4.78 is 246. The standard InChI is InChI=1S/C13H8F17NO2S/c1-3-5-31(4-2)34(32,33)13(29,30)11(24,25)9(20,21)7(16,17)6(14,15)8(18,19)10(22,23)12(26,27)28/h1H,4-5H2,2H3. The summed E-state index contributed by atoms with van der Waals surface area (Å²) in [6, 6.07) is 0. The van der Waals surface area contributed by atoms with Crippen LogP contribution in [0, 0.1) is 12.3 Å². The summed E-state index contributed by atoms with van der Waals surface area (Å²) in [5.74, 6) is -50.5. The van der Waals surface area contributed by atoms with Crippen LogP contribution < -0.4 is 0 Å². The smallest absolute Gasteiger partial charge is 0.206 e. The van der Waals surface area contributed by atoms with Gasteiger partial charge in [0, 0.05) is 6.54 Å². The van der Waals surface area contributed by atoms with Gasteiger partial charge in [-0.1, -0.05) is 12.8 Å². The Morgan fingerprint density at radius 1 is 0.618 bits per heavy atom. The maximum absolute atomic E-state index is 13.9. The van der Waals surface area contributed by atoms with Crippen LogP contribution in [0.5, 0.6) is 0 Å². The average molecular weight is 565 g/mol. The number of nitrogens with zero attached hydrogens (tertiary/aromatic N) is 1. The van der Waals surface area contributed by atoms with Gasteiger partial charge in [-0.3, -0.25) is 0 Å². The molecule has 0 aromatic carbocycles.